The second-order valence-corrected chi connectivity index (χ2v) is 8.81. The highest BCUT2D eigenvalue weighted by Gasteiger charge is 2.13. The molecule has 0 unspecified atom stereocenters. The molecule has 4 rings (SSSR count). The van der Waals surface area contributed by atoms with E-state index in [1.54, 1.807) is 30.3 Å². The number of hydrogen-bond acceptors (Lipinski definition) is 3. The van der Waals surface area contributed by atoms with Gasteiger partial charge in [0.25, 0.3) is 5.91 Å². The van der Waals surface area contributed by atoms with Gasteiger partial charge in [0.1, 0.15) is 11.6 Å². The highest BCUT2D eigenvalue weighted by atomic mass is 35.5. The molecule has 0 saturated heterocycles. The van der Waals surface area contributed by atoms with Crippen molar-refractivity contribution in [2.75, 3.05) is 13.2 Å². The van der Waals surface area contributed by atoms with E-state index in [9.17, 15) is 4.79 Å². The van der Waals surface area contributed by atoms with Crippen LogP contribution in [0.15, 0.2) is 66.7 Å². The van der Waals surface area contributed by atoms with Gasteiger partial charge in [-0.05, 0) is 60.5 Å². The van der Waals surface area contributed by atoms with Crippen LogP contribution in [-0.4, -0.2) is 28.6 Å². The number of imidazole rings is 1. The number of fused-ring (bicyclic) bond motifs is 1. The minimum atomic E-state index is -0.175. The molecule has 4 aromatic rings. The molecule has 0 radical (unpaired) electrons. The molecule has 1 N–H and O–H groups in total. The fourth-order valence-corrected chi connectivity index (χ4v) is 4.11. The van der Waals surface area contributed by atoms with Crippen LogP contribution in [0.3, 0.4) is 0 Å². The molecule has 0 fully saturated rings. The predicted molar refractivity (Wildman–Crippen MR) is 134 cm³/mol. The van der Waals surface area contributed by atoms with Gasteiger partial charge in [-0.25, -0.2) is 4.98 Å². The van der Waals surface area contributed by atoms with Crippen molar-refractivity contribution in [1.29, 1.82) is 0 Å². The lowest BCUT2D eigenvalue weighted by Gasteiger charge is -2.12. The number of aryl methyl sites for hydroxylation is 1. The van der Waals surface area contributed by atoms with Crippen LogP contribution in [0.4, 0.5) is 0 Å². The number of carbonyl (C=O) groups excluding carboxylic acids is 1. The Morgan fingerprint density at radius 3 is 2.52 bits per heavy atom. The lowest BCUT2D eigenvalue weighted by atomic mass is 10.2. The van der Waals surface area contributed by atoms with E-state index in [1.165, 1.54) is 0 Å². The quantitative estimate of drug-likeness (QED) is 0.278. The zero-order valence-electron chi connectivity index (χ0n) is 17.7. The van der Waals surface area contributed by atoms with Crippen LogP contribution in [0, 0.1) is 0 Å². The van der Waals surface area contributed by atoms with E-state index >= 15 is 0 Å². The SMILES string of the molecule is O=C(COc1ccc(Cl)cc1)NCCCc1nc2ccccc2n1Cc1ccc(Cl)cc1Cl. The third-order valence-corrected chi connectivity index (χ3v) is 6.00. The number of aromatic nitrogens is 2. The molecule has 0 atom stereocenters. The Morgan fingerprint density at radius 2 is 1.73 bits per heavy atom. The van der Waals surface area contributed by atoms with Crippen molar-refractivity contribution in [1.82, 2.24) is 14.9 Å². The monoisotopic (exact) mass is 501 g/mol. The third kappa shape index (κ3) is 6.20. The zero-order valence-corrected chi connectivity index (χ0v) is 20.0. The van der Waals surface area contributed by atoms with Gasteiger partial charge < -0.3 is 14.6 Å². The van der Waals surface area contributed by atoms with Gasteiger partial charge in [-0.3, -0.25) is 4.79 Å². The molecule has 1 amide bonds. The maximum atomic E-state index is 12.1. The molecular formula is C25H22Cl3N3O2. The van der Waals surface area contributed by atoms with E-state index < -0.39 is 0 Å². The minimum Gasteiger partial charge on any atom is -0.484 e. The van der Waals surface area contributed by atoms with Crippen molar-refractivity contribution in [2.45, 2.75) is 19.4 Å². The van der Waals surface area contributed by atoms with Gasteiger partial charge in [0.05, 0.1) is 17.6 Å². The molecular weight excluding hydrogens is 481 g/mol. The summed E-state index contributed by atoms with van der Waals surface area (Å²) in [7, 11) is 0. The maximum absolute atomic E-state index is 12.1. The van der Waals surface area contributed by atoms with Gasteiger partial charge >= 0.3 is 0 Å². The molecule has 33 heavy (non-hydrogen) atoms. The Morgan fingerprint density at radius 1 is 0.970 bits per heavy atom. The van der Waals surface area contributed by atoms with Crippen LogP contribution in [0.2, 0.25) is 15.1 Å². The van der Waals surface area contributed by atoms with Gasteiger partial charge in [-0.1, -0.05) is 53.0 Å². The molecule has 5 nitrogen and oxygen atoms in total. The first kappa shape index (κ1) is 23.4. The van der Waals surface area contributed by atoms with Crippen LogP contribution in [0.5, 0.6) is 5.75 Å². The number of benzene rings is 3. The average molecular weight is 503 g/mol. The summed E-state index contributed by atoms with van der Waals surface area (Å²) in [5.74, 6) is 1.37. The summed E-state index contributed by atoms with van der Waals surface area (Å²) in [4.78, 5) is 16.9. The van der Waals surface area contributed by atoms with E-state index in [1.807, 2.05) is 36.4 Å². The standard InChI is InChI=1S/C25H22Cl3N3O2/c26-18-9-11-20(12-10-18)33-16-25(32)29-13-3-6-24-30-22-4-1-2-5-23(22)31(24)15-17-7-8-19(27)14-21(17)28/h1-2,4-5,7-12,14H,3,6,13,15-16H2,(H,29,32). The number of hydrogen-bond donors (Lipinski definition) is 1. The number of rotatable bonds is 9. The predicted octanol–water partition coefficient (Wildman–Crippen LogP) is 6.17. The molecule has 0 aliphatic carbocycles. The highest BCUT2D eigenvalue weighted by Crippen LogP contribution is 2.25. The summed E-state index contributed by atoms with van der Waals surface area (Å²) in [6.07, 6.45) is 1.45. The molecule has 170 valence electrons. The molecule has 0 spiro atoms. The molecule has 0 bridgehead atoms. The second-order valence-electron chi connectivity index (χ2n) is 7.53. The normalized spacial score (nSPS) is 11.0. The summed E-state index contributed by atoms with van der Waals surface area (Å²) in [6.45, 7) is 1.07. The van der Waals surface area contributed by atoms with E-state index in [-0.39, 0.29) is 12.5 Å². The summed E-state index contributed by atoms with van der Waals surface area (Å²) in [5, 5.41) is 4.74. The fourth-order valence-electron chi connectivity index (χ4n) is 3.52. The van der Waals surface area contributed by atoms with Crippen LogP contribution in [0.25, 0.3) is 11.0 Å². The Kier molecular flexibility index (Phi) is 7.76. The summed E-state index contributed by atoms with van der Waals surface area (Å²) < 4.78 is 7.64. The van der Waals surface area contributed by atoms with Gasteiger partial charge in [-0.2, -0.15) is 0 Å². The summed E-state index contributed by atoms with van der Waals surface area (Å²) >= 11 is 18.3. The lowest BCUT2D eigenvalue weighted by Crippen LogP contribution is -2.30. The average Bonchev–Trinajstić information content (AvgIpc) is 3.15. The Hall–Kier alpha value is -2.73. The number of halogens is 3. The van der Waals surface area contributed by atoms with Crippen LogP contribution in [-0.2, 0) is 17.8 Å². The van der Waals surface area contributed by atoms with E-state index in [0.29, 0.717) is 40.3 Å². The molecule has 3 aromatic carbocycles. The number of ether oxygens (including phenoxy) is 1. The molecule has 0 aliphatic heterocycles. The number of para-hydroxylation sites is 2. The smallest absolute Gasteiger partial charge is 0.257 e. The van der Waals surface area contributed by atoms with Crippen molar-refractivity contribution in [3.05, 3.63) is 93.2 Å². The Balaban J connectivity index is 1.35. The third-order valence-electron chi connectivity index (χ3n) is 5.16. The Labute approximate surface area is 207 Å². The van der Waals surface area contributed by atoms with Crippen LogP contribution in [0.1, 0.15) is 17.8 Å². The van der Waals surface area contributed by atoms with Crippen molar-refractivity contribution >= 4 is 51.7 Å². The van der Waals surface area contributed by atoms with Crippen LogP contribution >= 0.6 is 34.8 Å². The number of nitrogens with zero attached hydrogens (tertiary/aromatic N) is 2. The minimum absolute atomic E-state index is 0.0464. The lowest BCUT2D eigenvalue weighted by molar-refractivity contribution is -0.123. The maximum Gasteiger partial charge on any atom is 0.257 e. The van der Waals surface area contributed by atoms with Crippen molar-refractivity contribution < 1.29 is 9.53 Å². The van der Waals surface area contributed by atoms with Crippen molar-refractivity contribution in [3.8, 4) is 5.75 Å². The van der Waals surface area contributed by atoms with Crippen molar-refractivity contribution in [2.24, 2.45) is 0 Å². The summed E-state index contributed by atoms with van der Waals surface area (Å²) in [5.41, 5.74) is 2.94. The van der Waals surface area contributed by atoms with Gasteiger partial charge in [0.15, 0.2) is 6.61 Å². The molecule has 0 saturated carbocycles. The number of amides is 1. The largest absolute Gasteiger partial charge is 0.484 e. The fraction of sp³-hybridized carbons (Fsp3) is 0.200. The molecule has 8 heteroatoms. The van der Waals surface area contributed by atoms with E-state index in [2.05, 4.69) is 9.88 Å². The zero-order chi connectivity index (χ0) is 23.2. The van der Waals surface area contributed by atoms with E-state index in [4.69, 9.17) is 44.5 Å². The number of nitrogens with one attached hydrogen (secondary N) is 1. The molecule has 1 aromatic heterocycles. The Bertz CT molecular complexity index is 1260. The van der Waals surface area contributed by atoms with Crippen molar-refractivity contribution in [3.63, 3.8) is 0 Å². The van der Waals surface area contributed by atoms with Crippen LogP contribution < -0.4 is 10.1 Å². The number of carbonyl (C=O) groups is 1. The van der Waals surface area contributed by atoms with Gasteiger partial charge in [-0.15, -0.1) is 0 Å². The molecule has 1 heterocycles. The summed E-state index contributed by atoms with van der Waals surface area (Å²) in [6, 6.07) is 20.4. The van der Waals surface area contributed by atoms with E-state index in [0.717, 1.165) is 28.8 Å². The first-order valence-corrected chi connectivity index (χ1v) is 11.7. The second kappa shape index (κ2) is 10.9. The topological polar surface area (TPSA) is 56.1 Å². The first-order chi connectivity index (χ1) is 16.0. The molecule has 0 aliphatic rings. The van der Waals surface area contributed by atoms with Gasteiger partial charge in [0.2, 0.25) is 0 Å². The first-order valence-electron chi connectivity index (χ1n) is 10.5. The highest BCUT2D eigenvalue weighted by molar-refractivity contribution is 6.35. The van der Waals surface area contributed by atoms with Gasteiger partial charge in [0, 0.05) is 28.0 Å².